The minimum absolute atomic E-state index is 0.137. The van der Waals surface area contributed by atoms with Gasteiger partial charge in [0.2, 0.25) is 0 Å². The highest BCUT2D eigenvalue weighted by Crippen LogP contribution is 2.22. The van der Waals surface area contributed by atoms with Crippen molar-refractivity contribution in [3.05, 3.63) is 45.7 Å². The number of rotatable bonds is 3. The van der Waals surface area contributed by atoms with Gasteiger partial charge in [0.25, 0.3) is 0 Å². The van der Waals surface area contributed by atoms with E-state index in [0.29, 0.717) is 11.1 Å². The van der Waals surface area contributed by atoms with E-state index in [0.717, 1.165) is 11.1 Å². The molecule has 18 heavy (non-hydrogen) atoms. The third-order valence-corrected chi connectivity index (χ3v) is 2.92. The van der Waals surface area contributed by atoms with Gasteiger partial charge in [0.15, 0.2) is 5.43 Å². The molecule has 0 atom stereocenters. The van der Waals surface area contributed by atoms with Gasteiger partial charge in [0.1, 0.15) is 0 Å². The van der Waals surface area contributed by atoms with Crippen molar-refractivity contribution >= 4 is 16.9 Å². The van der Waals surface area contributed by atoms with E-state index in [1.165, 1.54) is 6.07 Å². The number of hydrogen-bond donors (Lipinski definition) is 2. The highest BCUT2D eigenvalue weighted by Gasteiger charge is 2.10. The van der Waals surface area contributed by atoms with Gasteiger partial charge in [0.05, 0.1) is 11.9 Å². The van der Waals surface area contributed by atoms with E-state index in [4.69, 9.17) is 5.11 Å². The second kappa shape index (κ2) is 4.64. The number of para-hydroxylation sites is 1. The molecule has 0 saturated carbocycles. The van der Waals surface area contributed by atoms with Gasteiger partial charge in [-0.25, -0.2) is 0 Å². The Hall–Kier alpha value is -2.10. The van der Waals surface area contributed by atoms with Crippen molar-refractivity contribution in [2.24, 2.45) is 0 Å². The number of H-pyrrole nitrogens is 1. The zero-order valence-corrected chi connectivity index (χ0v) is 10.4. The van der Waals surface area contributed by atoms with Gasteiger partial charge in [-0.3, -0.25) is 9.59 Å². The molecule has 0 amide bonds. The third-order valence-electron chi connectivity index (χ3n) is 2.92. The molecule has 2 aromatic rings. The molecule has 4 nitrogen and oxygen atoms in total. The first-order valence-corrected chi connectivity index (χ1v) is 5.85. The lowest BCUT2D eigenvalue weighted by atomic mass is 9.99. The molecule has 0 saturated heterocycles. The van der Waals surface area contributed by atoms with Crippen LogP contribution in [0.2, 0.25) is 0 Å². The Morgan fingerprint density at radius 3 is 2.72 bits per heavy atom. The number of nitrogens with one attached hydrogen (secondary N) is 1. The third kappa shape index (κ3) is 2.27. The Morgan fingerprint density at radius 1 is 1.39 bits per heavy atom. The number of carboxylic acid groups (broad SMARTS) is 1. The number of pyridine rings is 1. The monoisotopic (exact) mass is 245 g/mol. The summed E-state index contributed by atoms with van der Waals surface area (Å²) in [5, 5.41) is 9.39. The maximum atomic E-state index is 11.9. The maximum absolute atomic E-state index is 11.9. The van der Waals surface area contributed by atoms with Crippen LogP contribution in [0.15, 0.2) is 29.1 Å². The van der Waals surface area contributed by atoms with E-state index >= 15 is 0 Å². The van der Waals surface area contributed by atoms with Crippen molar-refractivity contribution in [1.82, 2.24) is 4.98 Å². The average Bonchev–Trinajstić information content (AvgIpc) is 2.27. The lowest BCUT2D eigenvalue weighted by molar-refractivity contribution is -0.136. The number of aromatic amines is 1. The van der Waals surface area contributed by atoms with Crippen molar-refractivity contribution < 1.29 is 9.90 Å². The molecule has 1 heterocycles. The summed E-state index contributed by atoms with van der Waals surface area (Å²) in [6.45, 7) is 4.08. The number of benzene rings is 1. The summed E-state index contributed by atoms with van der Waals surface area (Å²) in [6.07, 6.45) is -0.169. The topological polar surface area (TPSA) is 70.2 Å². The standard InChI is InChI=1S/C14H15NO3/c1-8(2)10-4-3-5-11-12(16)6-9(7-13(17)18)15-14(10)11/h3-6,8H,7H2,1-2H3,(H,15,16)(H,17,18). The number of aromatic nitrogens is 1. The molecule has 1 aromatic carbocycles. The van der Waals surface area contributed by atoms with E-state index in [1.807, 2.05) is 26.0 Å². The van der Waals surface area contributed by atoms with Gasteiger partial charge in [-0.1, -0.05) is 26.0 Å². The molecular weight excluding hydrogens is 230 g/mol. The smallest absolute Gasteiger partial charge is 0.309 e. The van der Waals surface area contributed by atoms with Crippen LogP contribution >= 0.6 is 0 Å². The molecule has 0 aliphatic carbocycles. The van der Waals surface area contributed by atoms with E-state index in [9.17, 15) is 9.59 Å². The molecule has 0 unspecified atom stereocenters. The predicted molar refractivity (Wildman–Crippen MR) is 70.0 cm³/mol. The van der Waals surface area contributed by atoms with Crippen molar-refractivity contribution in [3.63, 3.8) is 0 Å². The van der Waals surface area contributed by atoms with Gasteiger partial charge in [0, 0.05) is 17.1 Å². The summed E-state index contributed by atoms with van der Waals surface area (Å²) in [4.78, 5) is 25.7. The Labute approximate surface area is 104 Å². The molecular formula is C14H15NO3. The summed E-state index contributed by atoms with van der Waals surface area (Å²) < 4.78 is 0. The molecule has 0 bridgehead atoms. The zero-order chi connectivity index (χ0) is 13.3. The normalized spacial score (nSPS) is 11.1. The van der Waals surface area contributed by atoms with Crippen molar-refractivity contribution in [2.75, 3.05) is 0 Å². The SMILES string of the molecule is CC(C)c1cccc2c(=O)cc(CC(=O)O)[nH]c12. The van der Waals surface area contributed by atoms with Gasteiger partial charge >= 0.3 is 5.97 Å². The Bertz CT molecular complexity index is 656. The molecule has 0 radical (unpaired) electrons. The number of carbonyl (C=O) groups is 1. The lowest BCUT2D eigenvalue weighted by Crippen LogP contribution is -2.10. The number of fused-ring (bicyclic) bond motifs is 1. The molecule has 4 heteroatoms. The zero-order valence-electron chi connectivity index (χ0n) is 10.4. The van der Waals surface area contributed by atoms with E-state index in [2.05, 4.69) is 4.98 Å². The van der Waals surface area contributed by atoms with Crippen LogP contribution in [0.1, 0.15) is 31.0 Å². The Kier molecular flexibility index (Phi) is 3.19. The molecule has 0 spiro atoms. The summed E-state index contributed by atoms with van der Waals surface area (Å²) in [5.41, 5.74) is 2.07. The summed E-state index contributed by atoms with van der Waals surface area (Å²) in [5.74, 6) is -0.684. The summed E-state index contributed by atoms with van der Waals surface area (Å²) in [7, 11) is 0. The van der Waals surface area contributed by atoms with Crippen LogP contribution in [0.3, 0.4) is 0 Å². The van der Waals surface area contributed by atoms with E-state index in [-0.39, 0.29) is 17.8 Å². The largest absolute Gasteiger partial charge is 0.481 e. The fraction of sp³-hybridized carbons (Fsp3) is 0.286. The Morgan fingerprint density at radius 2 is 2.11 bits per heavy atom. The predicted octanol–water partition coefficient (Wildman–Crippen LogP) is 2.28. The molecule has 0 aliphatic rings. The van der Waals surface area contributed by atoms with Crippen molar-refractivity contribution in [2.45, 2.75) is 26.2 Å². The quantitative estimate of drug-likeness (QED) is 0.871. The number of aliphatic carboxylic acids is 1. The van der Waals surface area contributed by atoms with Gasteiger partial charge in [-0.15, -0.1) is 0 Å². The fourth-order valence-corrected chi connectivity index (χ4v) is 2.09. The minimum Gasteiger partial charge on any atom is -0.481 e. The van der Waals surface area contributed by atoms with Crippen LogP contribution in [-0.2, 0) is 11.2 Å². The first-order chi connectivity index (χ1) is 8.49. The van der Waals surface area contributed by atoms with Crippen molar-refractivity contribution in [1.29, 1.82) is 0 Å². The maximum Gasteiger partial charge on any atom is 0.309 e. The van der Waals surface area contributed by atoms with Crippen LogP contribution in [0.25, 0.3) is 10.9 Å². The Balaban J connectivity index is 2.72. The molecule has 94 valence electrons. The van der Waals surface area contributed by atoms with Crippen LogP contribution in [0.5, 0.6) is 0 Å². The second-order valence-corrected chi connectivity index (χ2v) is 4.65. The van der Waals surface area contributed by atoms with Gasteiger partial charge in [-0.05, 0) is 17.5 Å². The molecule has 0 aliphatic heterocycles. The summed E-state index contributed by atoms with van der Waals surface area (Å²) in [6, 6.07) is 6.92. The fourth-order valence-electron chi connectivity index (χ4n) is 2.09. The lowest BCUT2D eigenvalue weighted by Gasteiger charge is -2.10. The second-order valence-electron chi connectivity index (χ2n) is 4.65. The number of hydrogen-bond acceptors (Lipinski definition) is 2. The molecule has 2 N–H and O–H groups in total. The van der Waals surface area contributed by atoms with Crippen LogP contribution < -0.4 is 5.43 Å². The van der Waals surface area contributed by atoms with Crippen molar-refractivity contribution in [3.8, 4) is 0 Å². The number of carboxylic acids is 1. The van der Waals surface area contributed by atoms with Gasteiger partial charge < -0.3 is 10.1 Å². The summed E-state index contributed by atoms with van der Waals surface area (Å²) >= 11 is 0. The first kappa shape index (κ1) is 12.4. The molecule has 0 fully saturated rings. The van der Waals surface area contributed by atoms with E-state index < -0.39 is 5.97 Å². The average molecular weight is 245 g/mol. The highest BCUT2D eigenvalue weighted by molar-refractivity contribution is 5.83. The van der Waals surface area contributed by atoms with Crippen LogP contribution in [-0.4, -0.2) is 16.1 Å². The molecule has 1 aromatic heterocycles. The molecule has 2 rings (SSSR count). The first-order valence-electron chi connectivity index (χ1n) is 5.85. The van der Waals surface area contributed by atoms with Crippen LogP contribution in [0, 0.1) is 0 Å². The van der Waals surface area contributed by atoms with Gasteiger partial charge in [-0.2, -0.15) is 0 Å². The van der Waals surface area contributed by atoms with Crippen LogP contribution in [0.4, 0.5) is 0 Å². The highest BCUT2D eigenvalue weighted by atomic mass is 16.4. The minimum atomic E-state index is -0.952. The van der Waals surface area contributed by atoms with E-state index in [1.54, 1.807) is 6.07 Å².